The molecule has 0 aliphatic heterocycles. The third kappa shape index (κ3) is 65.7. The largest absolute Gasteiger partial charge is 0.756 e. The van der Waals surface area contributed by atoms with Crippen molar-refractivity contribution in [2.24, 2.45) is 0 Å². The third-order valence-electron chi connectivity index (χ3n) is 16.1. The van der Waals surface area contributed by atoms with Gasteiger partial charge in [0.2, 0.25) is 5.91 Å². The SMILES string of the molecule is CCCCC/C=C\C/C=C\C/C=C\C/C=C\CCCCCCCCCC(=O)NC(COP(=O)([O-])OCC[N+](C)(C)C)C(/C=C/CCCCCCCCCCCCC)OC(=O)CCCCCCCCCCCCCCC/C=C/CCCCCCCC. The van der Waals surface area contributed by atoms with Gasteiger partial charge in [-0.3, -0.25) is 14.2 Å². The second-order valence-electron chi connectivity index (χ2n) is 25.7. The molecule has 0 aliphatic rings. The van der Waals surface area contributed by atoms with E-state index >= 15 is 0 Å². The number of hydrogen-bond acceptors (Lipinski definition) is 7. The lowest BCUT2D eigenvalue weighted by Gasteiger charge is -2.30. The molecule has 0 saturated heterocycles. The molecule has 0 aliphatic carbocycles. The zero-order valence-electron chi connectivity index (χ0n) is 56.8. The lowest BCUT2D eigenvalue weighted by Crippen LogP contribution is -2.47. The number of phosphoric acid groups is 1. The molecule has 0 saturated carbocycles. The smallest absolute Gasteiger partial charge is 0.306 e. The van der Waals surface area contributed by atoms with E-state index in [1.807, 2.05) is 33.3 Å². The maximum Gasteiger partial charge on any atom is 0.306 e. The number of carbonyl (C=O) groups excluding carboxylic acids is 2. The lowest BCUT2D eigenvalue weighted by atomic mass is 10.0. The second kappa shape index (κ2) is 64.4. The molecular formula is C75H139N2O7P. The van der Waals surface area contributed by atoms with Gasteiger partial charge in [-0.05, 0) is 102 Å². The molecule has 3 atom stereocenters. The Morgan fingerprint density at radius 1 is 0.412 bits per heavy atom. The van der Waals surface area contributed by atoms with Gasteiger partial charge in [0.15, 0.2) is 0 Å². The maximum atomic E-state index is 13.6. The molecule has 0 aromatic carbocycles. The Hall–Kier alpha value is -2.55. The number of phosphoric ester groups is 1. The number of rotatable bonds is 66. The normalized spacial score (nSPS) is 13.9. The Balaban J connectivity index is 5.12. The molecule has 1 N–H and O–H groups in total. The van der Waals surface area contributed by atoms with Crippen LogP contribution in [0.4, 0.5) is 0 Å². The summed E-state index contributed by atoms with van der Waals surface area (Å²) in [4.78, 5) is 40.2. The predicted octanol–water partition coefficient (Wildman–Crippen LogP) is 22.5. The molecular weight excluding hydrogens is 1070 g/mol. The Kier molecular flexibility index (Phi) is 62.5. The van der Waals surface area contributed by atoms with E-state index in [2.05, 4.69) is 86.8 Å². The molecule has 0 aromatic rings. The molecule has 0 bridgehead atoms. The molecule has 0 aromatic heterocycles. The minimum atomic E-state index is -4.71. The van der Waals surface area contributed by atoms with Crippen LogP contribution in [-0.4, -0.2) is 69.4 Å². The van der Waals surface area contributed by atoms with E-state index in [-0.39, 0.29) is 24.9 Å². The number of carbonyl (C=O) groups is 2. The van der Waals surface area contributed by atoms with Crippen LogP contribution in [0, 0.1) is 0 Å². The third-order valence-corrected chi connectivity index (χ3v) is 17.1. The average molecular weight is 1210 g/mol. The summed E-state index contributed by atoms with van der Waals surface area (Å²) in [6.07, 6.45) is 84.5. The Labute approximate surface area is 527 Å². The number of esters is 1. The molecule has 10 heteroatoms. The number of likely N-dealkylation sites (N-methyl/N-ethyl adjacent to an activating group) is 1. The van der Waals surface area contributed by atoms with Crippen molar-refractivity contribution in [1.82, 2.24) is 5.32 Å². The van der Waals surface area contributed by atoms with Crippen molar-refractivity contribution in [3.05, 3.63) is 72.9 Å². The second-order valence-corrected chi connectivity index (χ2v) is 27.1. The van der Waals surface area contributed by atoms with Gasteiger partial charge in [0.1, 0.15) is 19.3 Å². The van der Waals surface area contributed by atoms with E-state index in [9.17, 15) is 19.0 Å². The predicted molar refractivity (Wildman–Crippen MR) is 367 cm³/mol. The summed E-state index contributed by atoms with van der Waals surface area (Å²) in [5.41, 5.74) is 0. The first-order chi connectivity index (χ1) is 41.4. The molecule has 0 heterocycles. The standard InChI is InChI=1S/C75H139N2O7P/c1-7-10-13-16-19-22-25-28-30-32-34-36-38-40-42-44-46-49-52-55-58-61-64-67-74(78)76-72(71-83-85(80,81)82-70-69-77(4,5)6)73(66-63-60-57-54-51-48-27-24-21-18-15-12-9-3)84-75(79)68-65-62-59-56-53-50-47-45-43-41-39-37-35-33-31-29-26-23-20-17-14-11-8-2/h19,22,28-31,34,36,40,42,63,66,72-73H,7-18,20-21,23-27,32-33,35,37-39,41,43-62,64-65,67-71H2,1-6H3,(H-,76,78,80,81)/b22-19-,30-28-,31-29+,36-34-,42-40-,66-63+. The van der Waals surface area contributed by atoms with E-state index < -0.39 is 26.6 Å². The van der Waals surface area contributed by atoms with Crippen molar-refractivity contribution in [2.45, 2.75) is 354 Å². The summed E-state index contributed by atoms with van der Waals surface area (Å²) in [5, 5.41) is 3.04. The van der Waals surface area contributed by atoms with Crippen LogP contribution in [0.15, 0.2) is 72.9 Å². The van der Waals surface area contributed by atoms with Gasteiger partial charge in [-0.25, -0.2) is 0 Å². The van der Waals surface area contributed by atoms with Gasteiger partial charge in [0.05, 0.1) is 33.8 Å². The summed E-state index contributed by atoms with van der Waals surface area (Å²) in [7, 11) is 1.18. The molecule has 3 unspecified atom stereocenters. The summed E-state index contributed by atoms with van der Waals surface area (Å²) >= 11 is 0. The van der Waals surface area contributed by atoms with Crippen molar-refractivity contribution in [2.75, 3.05) is 40.9 Å². The molecule has 0 radical (unpaired) electrons. The molecule has 9 nitrogen and oxygen atoms in total. The highest BCUT2D eigenvalue weighted by atomic mass is 31.2. The zero-order chi connectivity index (χ0) is 62.1. The number of nitrogens with zero attached hydrogens (tertiary/aromatic N) is 1. The molecule has 0 spiro atoms. The van der Waals surface area contributed by atoms with Crippen molar-refractivity contribution >= 4 is 19.7 Å². The van der Waals surface area contributed by atoms with Gasteiger partial charge < -0.3 is 28.5 Å². The van der Waals surface area contributed by atoms with Gasteiger partial charge >= 0.3 is 5.97 Å². The number of ether oxygens (including phenoxy) is 1. The average Bonchev–Trinajstić information content (AvgIpc) is 3.52. The van der Waals surface area contributed by atoms with Crippen molar-refractivity contribution < 1.29 is 37.3 Å². The van der Waals surface area contributed by atoms with Gasteiger partial charge in [-0.1, -0.05) is 299 Å². The highest BCUT2D eigenvalue weighted by molar-refractivity contribution is 7.45. The molecule has 0 rings (SSSR count). The lowest BCUT2D eigenvalue weighted by molar-refractivity contribution is -0.870. The zero-order valence-corrected chi connectivity index (χ0v) is 57.7. The fourth-order valence-corrected chi connectivity index (χ4v) is 11.2. The summed E-state index contributed by atoms with van der Waals surface area (Å²) in [6.45, 7) is 6.84. The molecule has 85 heavy (non-hydrogen) atoms. The first-order valence-electron chi connectivity index (χ1n) is 36.2. The van der Waals surface area contributed by atoms with Gasteiger partial charge in [0.25, 0.3) is 7.82 Å². The van der Waals surface area contributed by atoms with Crippen LogP contribution in [0.3, 0.4) is 0 Å². The van der Waals surface area contributed by atoms with E-state index in [1.165, 1.54) is 218 Å². The van der Waals surface area contributed by atoms with Crippen molar-refractivity contribution in [1.29, 1.82) is 0 Å². The fourth-order valence-electron chi connectivity index (χ4n) is 10.5. The topological polar surface area (TPSA) is 114 Å². The number of unbranched alkanes of at least 4 members (excludes halogenated alkanes) is 40. The van der Waals surface area contributed by atoms with Gasteiger partial charge in [-0.2, -0.15) is 0 Å². The first-order valence-corrected chi connectivity index (χ1v) is 37.7. The van der Waals surface area contributed by atoms with E-state index in [4.69, 9.17) is 13.8 Å². The molecule has 496 valence electrons. The fraction of sp³-hybridized carbons (Fsp3) is 0.813. The van der Waals surface area contributed by atoms with Crippen LogP contribution in [0.25, 0.3) is 0 Å². The monoisotopic (exact) mass is 1210 g/mol. The van der Waals surface area contributed by atoms with Gasteiger partial charge in [-0.15, -0.1) is 0 Å². The summed E-state index contributed by atoms with van der Waals surface area (Å²) < 4.78 is 30.5. The van der Waals surface area contributed by atoms with Gasteiger partial charge in [0, 0.05) is 12.8 Å². The first kappa shape index (κ1) is 82.5. The number of hydrogen-bond donors (Lipinski definition) is 1. The van der Waals surface area contributed by atoms with Crippen molar-refractivity contribution in [3.8, 4) is 0 Å². The molecule has 1 amide bonds. The summed E-state index contributed by atoms with van der Waals surface area (Å²) in [5.74, 6) is -0.543. The van der Waals surface area contributed by atoms with Crippen LogP contribution >= 0.6 is 7.82 Å². The summed E-state index contributed by atoms with van der Waals surface area (Å²) in [6, 6.07) is -0.897. The Morgan fingerprint density at radius 2 is 0.718 bits per heavy atom. The van der Waals surface area contributed by atoms with E-state index in [0.717, 1.165) is 89.9 Å². The van der Waals surface area contributed by atoms with Crippen LogP contribution in [0.5, 0.6) is 0 Å². The van der Waals surface area contributed by atoms with Crippen LogP contribution in [0.2, 0.25) is 0 Å². The minimum Gasteiger partial charge on any atom is -0.756 e. The Morgan fingerprint density at radius 3 is 1.11 bits per heavy atom. The number of nitrogens with one attached hydrogen (secondary N) is 1. The van der Waals surface area contributed by atoms with Crippen LogP contribution < -0.4 is 10.2 Å². The number of quaternary nitrogens is 1. The number of amides is 1. The maximum absolute atomic E-state index is 13.6. The number of allylic oxidation sites excluding steroid dienone is 11. The quantitative estimate of drug-likeness (QED) is 0.0212. The van der Waals surface area contributed by atoms with Crippen LogP contribution in [0.1, 0.15) is 342 Å². The van der Waals surface area contributed by atoms with E-state index in [0.29, 0.717) is 17.4 Å². The highest BCUT2D eigenvalue weighted by Gasteiger charge is 2.27. The van der Waals surface area contributed by atoms with Crippen LogP contribution in [-0.2, 0) is 27.9 Å². The minimum absolute atomic E-state index is 0.0258. The Bertz CT molecular complexity index is 1680. The van der Waals surface area contributed by atoms with Crippen molar-refractivity contribution in [3.63, 3.8) is 0 Å². The molecule has 0 fully saturated rings. The highest BCUT2D eigenvalue weighted by Crippen LogP contribution is 2.38. The van der Waals surface area contributed by atoms with E-state index in [1.54, 1.807) is 0 Å².